The molecule has 144 valence electrons. The normalized spacial score (nSPS) is 16.7. The van der Waals surface area contributed by atoms with Crippen LogP contribution in [0.1, 0.15) is 31.4 Å². The molecule has 5 nitrogen and oxygen atoms in total. The number of alkyl halides is 3. The molecule has 1 saturated heterocycles. The Bertz CT molecular complexity index is 647. The number of nitrogens with one attached hydrogen (secondary N) is 1. The monoisotopic (exact) mass is 371 g/mol. The standard InChI is InChI=1S/C18H24F3N3O2/c1-13(2)23-7-6-17(26)24(9-8-23)12-16(25)22-11-14-4-3-5-15(10-14)18(19,20)21/h3-5,10,13H,6-9,11-12H2,1-2H3,(H,22,25). The molecule has 1 aliphatic rings. The van der Waals surface area contributed by atoms with Crippen LogP contribution in [-0.4, -0.2) is 53.8 Å². The Hall–Kier alpha value is -2.09. The number of halogens is 3. The van der Waals surface area contributed by atoms with Gasteiger partial charge in [-0.05, 0) is 31.5 Å². The minimum atomic E-state index is -4.42. The van der Waals surface area contributed by atoms with Crippen molar-refractivity contribution in [2.45, 2.75) is 39.0 Å². The molecule has 2 rings (SSSR count). The van der Waals surface area contributed by atoms with Crippen molar-refractivity contribution in [3.8, 4) is 0 Å². The van der Waals surface area contributed by atoms with Crippen LogP contribution in [0.5, 0.6) is 0 Å². The molecule has 26 heavy (non-hydrogen) atoms. The summed E-state index contributed by atoms with van der Waals surface area (Å²) in [5, 5.41) is 2.59. The average Bonchev–Trinajstić information content (AvgIpc) is 2.75. The Labute approximate surface area is 151 Å². The van der Waals surface area contributed by atoms with E-state index in [0.717, 1.165) is 12.1 Å². The van der Waals surface area contributed by atoms with Crippen LogP contribution in [0.2, 0.25) is 0 Å². The first-order valence-electron chi connectivity index (χ1n) is 8.61. The van der Waals surface area contributed by atoms with Gasteiger partial charge < -0.3 is 10.2 Å². The van der Waals surface area contributed by atoms with Gasteiger partial charge in [0.1, 0.15) is 0 Å². The summed E-state index contributed by atoms with van der Waals surface area (Å²) in [6.07, 6.45) is -4.06. The highest BCUT2D eigenvalue weighted by molar-refractivity contribution is 5.85. The number of hydrogen-bond donors (Lipinski definition) is 1. The Morgan fingerprint density at radius 1 is 1.23 bits per heavy atom. The fraction of sp³-hybridized carbons (Fsp3) is 0.556. The molecule has 0 bridgehead atoms. The number of carbonyl (C=O) groups excluding carboxylic acids is 2. The van der Waals surface area contributed by atoms with Gasteiger partial charge in [0.25, 0.3) is 0 Å². The summed E-state index contributed by atoms with van der Waals surface area (Å²) in [5.41, 5.74) is -0.387. The van der Waals surface area contributed by atoms with E-state index in [2.05, 4.69) is 24.1 Å². The van der Waals surface area contributed by atoms with Gasteiger partial charge in [0.15, 0.2) is 0 Å². The largest absolute Gasteiger partial charge is 0.416 e. The van der Waals surface area contributed by atoms with Crippen LogP contribution in [0.25, 0.3) is 0 Å². The SMILES string of the molecule is CC(C)N1CCC(=O)N(CC(=O)NCc2cccc(C(F)(F)F)c2)CC1. The van der Waals surface area contributed by atoms with Crippen LogP contribution in [0.4, 0.5) is 13.2 Å². The number of amides is 2. The summed E-state index contributed by atoms with van der Waals surface area (Å²) in [4.78, 5) is 27.9. The van der Waals surface area contributed by atoms with Crippen molar-refractivity contribution in [3.05, 3.63) is 35.4 Å². The van der Waals surface area contributed by atoms with Crippen LogP contribution in [0, 0.1) is 0 Å². The lowest BCUT2D eigenvalue weighted by Crippen LogP contribution is -2.41. The van der Waals surface area contributed by atoms with Crippen molar-refractivity contribution in [1.82, 2.24) is 15.1 Å². The van der Waals surface area contributed by atoms with Crippen molar-refractivity contribution >= 4 is 11.8 Å². The zero-order chi connectivity index (χ0) is 19.3. The third kappa shape index (κ3) is 5.72. The zero-order valence-corrected chi connectivity index (χ0v) is 15.0. The molecule has 1 aromatic rings. The second kappa shape index (κ2) is 8.53. The lowest BCUT2D eigenvalue weighted by molar-refractivity contribution is -0.137. The summed E-state index contributed by atoms with van der Waals surface area (Å²) < 4.78 is 38.1. The number of carbonyl (C=O) groups is 2. The third-order valence-electron chi connectivity index (χ3n) is 4.43. The first kappa shape index (κ1) is 20.2. The molecule has 0 atom stereocenters. The van der Waals surface area contributed by atoms with Gasteiger partial charge in [-0.25, -0.2) is 0 Å². The molecule has 1 aromatic carbocycles. The van der Waals surface area contributed by atoms with Crippen LogP contribution >= 0.6 is 0 Å². The summed E-state index contributed by atoms with van der Waals surface area (Å²) in [5.74, 6) is -0.462. The van der Waals surface area contributed by atoms with E-state index in [-0.39, 0.29) is 24.9 Å². The van der Waals surface area contributed by atoms with Crippen molar-refractivity contribution in [1.29, 1.82) is 0 Å². The lowest BCUT2D eigenvalue weighted by atomic mass is 10.1. The van der Waals surface area contributed by atoms with E-state index in [4.69, 9.17) is 0 Å². The number of hydrogen-bond acceptors (Lipinski definition) is 3. The summed E-state index contributed by atoms with van der Waals surface area (Å²) in [6, 6.07) is 5.16. The predicted molar refractivity (Wildman–Crippen MR) is 91.2 cm³/mol. The van der Waals surface area contributed by atoms with Gasteiger partial charge in [0.2, 0.25) is 11.8 Å². The molecule has 0 saturated carbocycles. The van der Waals surface area contributed by atoms with Crippen LogP contribution in [-0.2, 0) is 22.3 Å². The van der Waals surface area contributed by atoms with Gasteiger partial charge in [0, 0.05) is 38.6 Å². The van der Waals surface area contributed by atoms with Crippen LogP contribution in [0.3, 0.4) is 0 Å². The van der Waals surface area contributed by atoms with Crippen molar-refractivity contribution in [2.75, 3.05) is 26.2 Å². The minimum absolute atomic E-state index is 0.0110. The lowest BCUT2D eigenvalue weighted by Gasteiger charge is -2.24. The molecule has 0 aromatic heterocycles. The highest BCUT2D eigenvalue weighted by atomic mass is 19.4. The Morgan fingerprint density at radius 2 is 1.96 bits per heavy atom. The predicted octanol–water partition coefficient (Wildman–Crippen LogP) is 2.26. The quantitative estimate of drug-likeness (QED) is 0.864. The Morgan fingerprint density at radius 3 is 2.62 bits per heavy atom. The van der Waals surface area contributed by atoms with Gasteiger partial charge in [-0.3, -0.25) is 14.5 Å². The highest BCUT2D eigenvalue weighted by Gasteiger charge is 2.30. The molecular weight excluding hydrogens is 347 g/mol. The van der Waals surface area contributed by atoms with Crippen molar-refractivity contribution < 1.29 is 22.8 Å². The van der Waals surface area contributed by atoms with E-state index in [0.29, 0.717) is 37.7 Å². The molecule has 1 heterocycles. The summed E-state index contributed by atoms with van der Waals surface area (Å²) >= 11 is 0. The van der Waals surface area contributed by atoms with E-state index in [1.807, 2.05) is 0 Å². The molecular formula is C18H24F3N3O2. The maximum absolute atomic E-state index is 12.7. The van der Waals surface area contributed by atoms with E-state index in [1.165, 1.54) is 17.0 Å². The van der Waals surface area contributed by atoms with E-state index >= 15 is 0 Å². The summed E-state index contributed by atoms with van der Waals surface area (Å²) in [6.45, 7) is 5.85. The highest BCUT2D eigenvalue weighted by Crippen LogP contribution is 2.29. The van der Waals surface area contributed by atoms with Gasteiger partial charge in [-0.1, -0.05) is 12.1 Å². The summed E-state index contributed by atoms with van der Waals surface area (Å²) in [7, 11) is 0. The first-order chi connectivity index (χ1) is 12.2. The number of nitrogens with zero attached hydrogens (tertiary/aromatic N) is 2. The van der Waals surface area contributed by atoms with Crippen molar-refractivity contribution in [2.24, 2.45) is 0 Å². The number of rotatable bonds is 5. The molecule has 1 fully saturated rings. The molecule has 0 unspecified atom stereocenters. The van der Waals surface area contributed by atoms with Gasteiger partial charge >= 0.3 is 6.18 Å². The number of benzene rings is 1. The third-order valence-corrected chi connectivity index (χ3v) is 4.43. The maximum atomic E-state index is 12.7. The minimum Gasteiger partial charge on any atom is -0.350 e. The first-order valence-corrected chi connectivity index (χ1v) is 8.61. The van der Waals surface area contributed by atoms with Gasteiger partial charge in [-0.2, -0.15) is 13.2 Å². The fourth-order valence-corrected chi connectivity index (χ4v) is 2.85. The van der Waals surface area contributed by atoms with Crippen molar-refractivity contribution in [3.63, 3.8) is 0 Å². The maximum Gasteiger partial charge on any atom is 0.416 e. The molecule has 0 aliphatic carbocycles. The second-order valence-electron chi connectivity index (χ2n) is 6.67. The van der Waals surface area contributed by atoms with Crippen LogP contribution in [0.15, 0.2) is 24.3 Å². The van der Waals surface area contributed by atoms with Gasteiger partial charge in [-0.15, -0.1) is 0 Å². The molecule has 2 amide bonds. The molecule has 0 spiro atoms. The zero-order valence-electron chi connectivity index (χ0n) is 15.0. The molecule has 1 aliphatic heterocycles. The average molecular weight is 371 g/mol. The fourth-order valence-electron chi connectivity index (χ4n) is 2.85. The second-order valence-corrected chi connectivity index (χ2v) is 6.67. The molecule has 8 heteroatoms. The van der Waals surface area contributed by atoms with E-state index in [1.54, 1.807) is 0 Å². The Kier molecular flexibility index (Phi) is 6.63. The van der Waals surface area contributed by atoms with E-state index in [9.17, 15) is 22.8 Å². The topological polar surface area (TPSA) is 52.7 Å². The molecule has 0 radical (unpaired) electrons. The van der Waals surface area contributed by atoms with Crippen LogP contribution < -0.4 is 5.32 Å². The molecule has 1 N–H and O–H groups in total. The smallest absolute Gasteiger partial charge is 0.350 e. The van der Waals surface area contributed by atoms with E-state index < -0.39 is 11.7 Å². The Balaban J connectivity index is 1.88. The van der Waals surface area contributed by atoms with Gasteiger partial charge in [0.05, 0.1) is 12.1 Å².